The standard InChI is InChI=1S/C8H6BrNO2/c9-7-3-10-2-5-1-6(11)4-12-8(5)7/h2-3H,1,4H2. The van der Waals surface area contributed by atoms with Crippen molar-refractivity contribution in [2.24, 2.45) is 0 Å². The van der Waals surface area contributed by atoms with Gasteiger partial charge in [0.2, 0.25) is 0 Å². The minimum Gasteiger partial charge on any atom is -0.484 e. The molecule has 12 heavy (non-hydrogen) atoms. The molecule has 3 nitrogen and oxygen atoms in total. The largest absolute Gasteiger partial charge is 0.484 e. The minimum absolute atomic E-state index is 0.0994. The number of ketones is 1. The highest BCUT2D eigenvalue weighted by Gasteiger charge is 2.18. The van der Waals surface area contributed by atoms with E-state index in [-0.39, 0.29) is 12.4 Å². The number of pyridine rings is 1. The Morgan fingerprint density at radius 1 is 1.50 bits per heavy atom. The molecule has 0 atom stereocenters. The van der Waals surface area contributed by atoms with Gasteiger partial charge in [0.05, 0.1) is 4.47 Å². The summed E-state index contributed by atoms with van der Waals surface area (Å²) in [4.78, 5) is 14.9. The second-order valence-corrected chi connectivity index (χ2v) is 3.47. The maximum atomic E-state index is 11.0. The molecule has 1 aliphatic rings. The maximum absolute atomic E-state index is 11.0. The van der Waals surface area contributed by atoms with E-state index in [1.807, 2.05) is 0 Å². The number of ether oxygens (including phenoxy) is 1. The zero-order chi connectivity index (χ0) is 8.55. The Balaban J connectivity index is 2.48. The Hall–Kier alpha value is -0.900. The summed E-state index contributed by atoms with van der Waals surface area (Å²) >= 11 is 3.30. The quantitative estimate of drug-likeness (QED) is 0.672. The number of rotatable bonds is 0. The van der Waals surface area contributed by atoms with Crippen LogP contribution in [-0.4, -0.2) is 17.4 Å². The van der Waals surface area contributed by atoms with Crippen molar-refractivity contribution in [3.63, 3.8) is 0 Å². The first-order valence-electron chi connectivity index (χ1n) is 3.54. The fourth-order valence-electron chi connectivity index (χ4n) is 1.17. The number of hydrogen-bond donors (Lipinski definition) is 0. The van der Waals surface area contributed by atoms with Crippen LogP contribution in [0.5, 0.6) is 5.75 Å². The third kappa shape index (κ3) is 1.22. The Morgan fingerprint density at radius 3 is 3.17 bits per heavy atom. The lowest BCUT2D eigenvalue weighted by Crippen LogP contribution is -2.20. The number of halogens is 1. The van der Waals surface area contributed by atoms with Gasteiger partial charge < -0.3 is 4.74 Å². The highest BCUT2D eigenvalue weighted by molar-refractivity contribution is 9.10. The van der Waals surface area contributed by atoms with Crippen LogP contribution in [0.3, 0.4) is 0 Å². The molecule has 0 bridgehead atoms. The molecule has 0 N–H and O–H groups in total. The summed E-state index contributed by atoms with van der Waals surface area (Å²) in [5.41, 5.74) is 0.862. The second-order valence-electron chi connectivity index (χ2n) is 2.61. The van der Waals surface area contributed by atoms with Gasteiger partial charge in [-0.3, -0.25) is 9.78 Å². The van der Waals surface area contributed by atoms with Gasteiger partial charge >= 0.3 is 0 Å². The Kier molecular flexibility index (Phi) is 1.84. The maximum Gasteiger partial charge on any atom is 0.174 e. The van der Waals surface area contributed by atoms with Crippen LogP contribution in [0.2, 0.25) is 0 Å². The van der Waals surface area contributed by atoms with Crippen molar-refractivity contribution >= 4 is 21.7 Å². The average Bonchev–Trinajstić information content (AvgIpc) is 2.04. The molecule has 1 aromatic rings. The van der Waals surface area contributed by atoms with E-state index in [0.717, 1.165) is 15.8 Å². The van der Waals surface area contributed by atoms with Gasteiger partial charge in [-0.2, -0.15) is 0 Å². The highest BCUT2D eigenvalue weighted by Crippen LogP contribution is 2.30. The highest BCUT2D eigenvalue weighted by atomic mass is 79.9. The number of carbonyl (C=O) groups excluding carboxylic acids is 1. The van der Waals surface area contributed by atoms with Crippen LogP contribution in [0.15, 0.2) is 16.9 Å². The van der Waals surface area contributed by atoms with Gasteiger partial charge in [-0.25, -0.2) is 0 Å². The summed E-state index contributed by atoms with van der Waals surface area (Å²) < 4.78 is 6.04. The summed E-state index contributed by atoms with van der Waals surface area (Å²) in [5.74, 6) is 0.854. The number of Topliss-reactive ketones (excluding diaryl/α,β-unsaturated/α-hetero) is 1. The van der Waals surface area contributed by atoms with Gasteiger partial charge in [0, 0.05) is 24.4 Å². The van der Waals surface area contributed by atoms with Crippen LogP contribution >= 0.6 is 15.9 Å². The number of carbonyl (C=O) groups is 1. The van der Waals surface area contributed by atoms with Crippen molar-refractivity contribution < 1.29 is 9.53 Å². The van der Waals surface area contributed by atoms with E-state index < -0.39 is 0 Å². The van der Waals surface area contributed by atoms with Crippen molar-refractivity contribution in [3.8, 4) is 5.75 Å². The van der Waals surface area contributed by atoms with E-state index in [0.29, 0.717) is 6.42 Å². The molecule has 1 aromatic heterocycles. The molecule has 2 heterocycles. The number of aromatic nitrogens is 1. The van der Waals surface area contributed by atoms with Crippen molar-refractivity contribution in [2.45, 2.75) is 6.42 Å². The first kappa shape index (κ1) is 7.73. The zero-order valence-electron chi connectivity index (χ0n) is 6.21. The van der Waals surface area contributed by atoms with Crippen LogP contribution < -0.4 is 4.74 Å². The predicted molar refractivity (Wildman–Crippen MR) is 46.1 cm³/mol. The molecule has 62 valence electrons. The van der Waals surface area contributed by atoms with Crippen molar-refractivity contribution in [1.82, 2.24) is 4.98 Å². The molecule has 0 radical (unpaired) electrons. The Bertz CT molecular complexity index is 338. The van der Waals surface area contributed by atoms with Gasteiger partial charge in [-0.05, 0) is 15.9 Å². The van der Waals surface area contributed by atoms with Crippen LogP contribution in [0.4, 0.5) is 0 Å². The van der Waals surface area contributed by atoms with Gasteiger partial charge in [-0.1, -0.05) is 0 Å². The molecule has 0 saturated heterocycles. The number of fused-ring (bicyclic) bond motifs is 1. The summed E-state index contributed by atoms with van der Waals surface area (Å²) in [5, 5.41) is 0. The minimum atomic E-state index is 0.0994. The van der Waals surface area contributed by atoms with Gasteiger partial charge in [0.1, 0.15) is 12.4 Å². The molecular weight excluding hydrogens is 222 g/mol. The molecule has 1 aliphatic heterocycles. The molecule has 4 heteroatoms. The lowest BCUT2D eigenvalue weighted by Gasteiger charge is -2.16. The zero-order valence-corrected chi connectivity index (χ0v) is 7.80. The fraction of sp³-hybridized carbons (Fsp3) is 0.250. The summed E-state index contributed by atoms with van der Waals surface area (Å²) in [7, 11) is 0. The lowest BCUT2D eigenvalue weighted by atomic mass is 10.1. The normalized spacial score (nSPS) is 15.2. The third-order valence-electron chi connectivity index (χ3n) is 1.69. The summed E-state index contributed by atoms with van der Waals surface area (Å²) in [6.45, 7) is 0.176. The average molecular weight is 228 g/mol. The van der Waals surface area contributed by atoms with Crippen molar-refractivity contribution in [3.05, 3.63) is 22.4 Å². The van der Waals surface area contributed by atoms with Gasteiger partial charge in [0.15, 0.2) is 5.78 Å². The number of hydrogen-bond acceptors (Lipinski definition) is 3. The molecule has 0 aromatic carbocycles. The lowest BCUT2D eigenvalue weighted by molar-refractivity contribution is -0.121. The van der Waals surface area contributed by atoms with Gasteiger partial charge in [-0.15, -0.1) is 0 Å². The SMILES string of the molecule is O=C1COc2c(Br)cncc2C1. The van der Waals surface area contributed by atoms with Crippen LogP contribution in [0, 0.1) is 0 Å². The first-order chi connectivity index (χ1) is 5.77. The van der Waals surface area contributed by atoms with Crippen LogP contribution in [0.25, 0.3) is 0 Å². The topological polar surface area (TPSA) is 39.2 Å². The first-order valence-corrected chi connectivity index (χ1v) is 4.33. The second kappa shape index (κ2) is 2.86. The smallest absolute Gasteiger partial charge is 0.174 e. The van der Waals surface area contributed by atoms with E-state index in [1.165, 1.54) is 0 Å². The molecule has 0 aliphatic carbocycles. The van der Waals surface area contributed by atoms with Crippen LogP contribution in [0.1, 0.15) is 5.56 Å². The molecule has 0 unspecified atom stereocenters. The summed E-state index contributed by atoms with van der Waals surface area (Å²) in [6.07, 6.45) is 3.76. The number of nitrogens with zero attached hydrogens (tertiary/aromatic N) is 1. The van der Waals surface area contributed by atoms with Crippen LogP contribution in [-0.2, 0) is 11.2 Å². The van der Waals surface area contributed by atoms with Gasteiger partial charge in [0.25, 0.3) is 0 Å². The third-order valence-corrected chi connectivity index (χ3v) is 2.26. The molecule has 0 amide bonds. The van der Waals surface area contributed by atoms with E-state index in [9.17, 15) is 4.79 Å². The van der Waals surface area contributed by atoms with Crippen molar-refractivity contribution in [2.75, 3.05) is 6.61 Å². The molecule has 0 fully saturated rings. The molecule has 2 rings (SSSR count). The predicted octanol–water partition coefficient (Wildman–Crippen LogP) is 1.35. The molecule has 0 saturated carbocycles. The molecular formula is C8H6BrNO2. The Labute approximate surface area is 77.9 Å². The van der Waals surface area contributed by atoms with E-state index in [1.54, 1.807) is 12.4 Å². The van der Waals surface area contributed by atoms with E-state index in [2.05, 4.69) is 20.9 Å². The summed E-state index contributed by atoms with van der Waals surface area (Å²) in [6, 6.07) is 0. The fourth-order valence-corrected chi connectivity index (χ4v) is 1.65. The van der Waals surface area contributed by atoms with E-state index in [4.69, 9.17) is 4.74 Å². The monoisotopic (exact) mass is 227 g/mol. The molecule has 0 spiro atoms. The van der Waals surface area contributed by atoms with Crippen molar-refractivity contribution in [1.29, 1.82) is 0 Å². The Morgan fingerprint density at radius 2 is 2.33 bits per heavy atom. The van der Waals surface area contributed by atoms with E-state index >= 15 is 0 Å².